The molecule has 0 aliphatic carbocycles. The van der Waals surface area contributed by atoms with Gasteiger partial charge in [0.1, 0.15) is 5.75 Å². The Morgan fingerprint density at radius 1 is 1.60 bits per heavy atom. The van der Waals surface area contributed by atoms with Gasteiger partial charge in [-0.15, -0.1) is 0 Å². The lowest BCUT2D eigenvalue weighted by Crippen LogP contribution is -2.11. The van der Waals surface area contributed by atoms with Crippen LogP contribution in [0.15, 0.2) is 12.1 Å². The van der Waals surface area contributed by atoms with Gasteiger partial charge in [0.2, 0.25) is 0 Å². The largest absolute Gasteiger partial charge is 0.507 e. The highest BCUT2D eigenvalue weighted by Crippen LogP contribution is 2.35. The molecule has 0 aromatic heterocycles. The summed E-state index contributed by atoms with van der Waals surface area (Å²) in [7, 11) is 0. The summed E-state index contributed by atoms with van der Waals surface area (Å²) in [5.74, 6) is -0.0708. The summed E-state index contributed by atoms with van der Waals surface area (Å²) < 4.78 is 0. The van der Waals surface area contributed by atoms with E-state index < -0.39 is 11.0 Å². The molecule has 0 heterocycles. The predicted octanol–water partition coefficient (Wildman–Crippen LogP) is 2.02. The molecule has 0 unspecified atom stereocenters. The third-order valence-electron chi connectivity index (χ3n) is 2.40. The lowest BCUT2D eigenvalue weighted by atomic mass is 9.99. The number of aromatic hydroxyl groups is 1. The van der Waals surface area contributed by atoms with Crippen molar-refractivity contribution < 1.29 is 10.0 Å². The number of nitrogens with two attached hydrogens (primary N) is 1. The van der Waals surface area contributed by atoms with Crippen LogP contribution in [-0.4, -0.2) is 10.0 Å². The van der Waals surface area contributed by atoms with Crippen LogP contribution in [0.2, 0.25) is 0 Å². The third-order valence-corrected chi connectivity index (χ3v) is 2.40. The van der Waals surface area contributed by atoms with Gasteiger partial charge in [0.15, 0.2) is 0 Å². The van der Waals surface area contributed by atoms with Gasteiger partial charge in [0.25, 0.3) is 5.69 Å². The Hall–Kier alpha value is -1.62. The molecule has 0 spiro atoms. The highest BCUT2D eigenvalue weighted by molar-refractivity contribution is 5.54. The van der Waals surface area contributed by atoms with Gasteiger partial charge in [-0.25, -0.2) is 0 Å². The van der Waals surface area contributed by atoms with Crippen molar-refractivity contribution in [1.29, 1.82) is 0 Å². The number of aryl methyl sites for hydroxylation is 1. The molecule has 1 atom stereocenters. The van der Waals surface area contributed by atoms with Crippen LogP contribution in [0.4, 0.5) is 5.69 Å². The van der Waals surface area contributed by atoms with E-state index >= 15 is 0 Å². The molecule has 5 heteroatoms. The van der Waals surface area contributed by atoms with E-state index in [0.717, 1.165) is 0 Å². The smallest absolute Gasteiger partial charge is 0.277 e. The van der Waals surface area contributed by atoms with Gasteiger partial charge in [-0.2, -0.15) is 0 Å². The Morgan fingerprint density at radius 3 is 2.67 bits per heavy atom. The molecule has 5 nitrogen and oxygen atoms in total. The first-order valence-electron chi connectivity index (χ1n) is 4.71. The van der Waals surface area contributed by atoms with Crippen LogP contribution in [0.3, 0.4) is 0 Å². The maximum atomic E-state index is 10.7. The molecule has 0 amide bonds. The van der Waals surface area contributed by atoms with Crippen molar-refractivity contribution in [2.75, 3.05) is 0 Å². The van der Waals surface area contributed by atoms with Gasteiger partial charge in [-0.1, -0.05) is 6.92 Å². The molecule has 0 aliphatic rings. The molecule has 0 fully saturated rings. The van der Waals surface area contributed by atoms with Crippen LogP contribution in [0.5, 0.6) is 5.75 Å². The van der Waals surface area contributed by atoms with Crippen LogP contribution >= 0.6 is 0 Å². The van der Waals surface area contributed by atoms with Crippen molar-refractivity contribution in [2.45, 2.75) is 26.3 Å². The Kier molecular flexibility index (Phi) is 3.26. The van der Waals surface area contributed by atoms with E-state index in [1.54, 1.807) is 6.92 Å². The van der Waals surface area contributed by atoms with E-state index in [1.807, 2.05) is 6.92 Å². The molecule has 15 heavy (non-hydrogen) atoms. The lowest BCUT2D eigenvalue weighted by molar-refractivity contribution is -0.385. The number of phenols is 1. The normalized spacial score (nSPS) is 12.5. The van der Waals surface area contributed by atoms with Gasteiger partial charge in [0.05, 0.1) is 10.5 Å². The van der Waals surface area contributed by atoms with Crippen molar-refractivity contribution in [3.8, 4) is 5.75 Å². The first-order chi connectivity index (χ1) is 6.99. The van der Waals surface area contributed by atoms with Crippen molar-refractivity contribution >= 4 is 5.69 Å². The second kappa shape index (κ2) is 4.27. The van der Waals surface area contributed by atoms with Crippen LogP contribution < -0.4 is 5.73 Å². The van der Waals surface area contributed by atoms with E-state index in [-0.39, 0.29) is 17.0 Å². The first-order valence-corrected chi connectivity index (χ1v) is 4.71. The van der Waals surface area contributed by atoms with Gasteiger partial charge in [-0.05, 0) is 25.0 Å². The zero-order valence-corrected chi connectivity index (χ0v) is 8.73. The minimum atomic E-state index is -0.524. The predicted molar refractivity (Wildman–Crippen MR) is 56.7 cm³/mol. The fourth-order valence-electron chi connectivity index (χ4n) is 1.44. The fourth-order valence-corrected chi connectivity index (χ4v) is 1.44. The molecular weight excluding hydrogens is 196 g/mol. The number of hydrogen-bond donors (Lipinski definition) is 2. The Balaban J connectivity index is 3.41. The average Bonchev–Trinajstić information content (AvgIpc) is 2.20. The second-order valence-electron chi connectivity index (χ2n) is 3.44. The quantitative estimate of drug-likeness (QED) is 0.590. The highest BCUT2D eigenvalue weighted by atomic mass is 16.6. The van der Waals surface area contributed by atoms with Crippen molar-refractivity contribution in [1.82, 2.24) is 0 Å². The number of phenolic OH excluding ortho intramolecular Hbond substituents is 1. The van der Waals surface area contributed by atoms with Gasteiger partial charge < -0.3 is 10.8 Å². The summed E-state index contributed by atoms with van der Waals surface area (Å²) in [6.07, 6.45) is 0.540. The minimum Gasteiger partial charge on any atom is -0.507 e. The molecule has 1 aromatic rings. The van der Waals surface area contributed by atoms with Gasteiger partial charge in [-0.3, -0.25) is 10.1 Å². The van der Waals surface area contributed by atoms with E-state index in [9.17, 15) is 15.2 Å². The average molecular weight is 210 g/mol. The molecule has 0 saturated carbocycles. The molecular formula is C10H14N2O3. The van der Waals surface area contributed by atoms with Gasteiger partial charge in [0, 0.05) is 12.1 Å². The molecule has 0 radical (unpaired) electrons. The van der Waals surface area contributed by atoms with Crippen LogP contribution in [0.25, 0.3) is 0 Å². The molecule has 1 aromatic carbocycles. The molecule has 3 N–H and O–H groups in total. The van der Waals surface area contributed by atoms with Crippen LogP contribution in [-0.2, 0) is 0 Å². The molecule has 0 saturated heterocycles. The summed E-state index contributed by atoms with van der Waals surface area (Å²) >= 11 is 0. The standard InChI is InChI=1S/C10H14N2O3/c1-3-7(11)9-8(12(14)15)5-4-6(2)10(9)13/h4-5,7,13H,3,11H2,1-2H3/t7-/m1/s1. The molecule has 1 rings (SSSR count). The van der Waals surface area contributed by atoms with Crippen molar-refractivity contribution in [3.05, 3.63) is 33.4 Å². The SMILES string of the molecule is CC[C@@H](N)c1c([N+](=O)[O-])ccc(C)c1O. The molecule has 0 aliphatic heterocycles. The topological polar surface area (TPSA) is 89.4 Å². The molecule has 0 bridgehead atoms. The first kappa shape index (κ1) is 11.5. The molecule has 82 valence electrons. The summed E-state index contributed by atoms with van der Waals surface area (Å²) in [5, 5.41) is 20.5. The maximum Gasteiger partial charge on any atom is 0.277 e. The Labute approximate surface area is 87.7 Å². The highest BCUT2D eigenvalue weighted by Gasteiger charge is 2.23. The zero-order valence-electron chi connectivity index (χ0n) is 8.73. The lowest BCUT2D eigenvalue weighted by Gasteiger charge is -2.13. The second-order valence-corrected chi connectivity index (χ2v) is 3.44. The maximum absolute atomic E-state index is 10.7. The minimum absolute atomic E-state index is 0.0708. The summed E-state index contributed by atoms with van der Waals surface area (Å²) in [6.45, 7) is 3.50. The third kappa shape index (κ3) is 2.07. The van der Waals surface area contributed by atoms with Crippen LogP contribution in [0, 0.1) is 17.0 Å². The van der Waals surface area contributed by atoms with Crippen molar-refractivity contribution in [3.63, 3.8) is 0 Å². The van der Waals surface area contributed by atoms with Crippen molar-refractivity contribution in [2.24, 2.45) is 5.73 Å². The Morgan fingerprint density at radius 2 is 2.20 bits per heavy atom. The number of hydrogen-bond acceptors (Lipinski definition) is 4. The monoisotopic (exact) mass is 210 g/mol. The van der Waals surface area contributed by atoms with E-state index in [0.29, 0.717) is 12.0 Å². The van der Waals surface area contributed by atoms with E-state index in [1.165, 1.54) is 12.1 Å². The summed E-state index contributed by atoms with van der Waals surface area (Å²) in [6, 6.07) is 2.38. The zero-order chi connectivity index (χ0) is 11.6. The summed E-state index contributed by atoms with van der Waals surface area (Å²) in [5.41, 5.74) is 6.44. The van der Waals surface area contributed by atoms with Crippen LogP contribution in [0.1, 0.15) is 30.5 Å². The number of nitro benzene ring substituents is 1. The number of nitro groups is 1. The summed E-state index contributed by atoms with van der Waals surface area (Å²) in [4.78, 5) is 10.2. The van der Waals surface area contributed by atoms with Gasteiger partial charge >= 0.3 is 0 Å². The van der Waals surface area contributed by atoms with E-state index in [4.69, 9.17) is 5.73 Å². The number of rotatable bonds is 3. The Bertz CT molecular complexity index is 390. The number of benzene rings is 1. The fraction of sp³-hybridized carbons (Fsp3) is 0.400. The number of nitrogens with zero attached hydrogens (tertiary/aromatic N) is 1. The van der Waals surface area contributed by atoms with E-state index in [2.05, 4.69) is 0 Å².